The highest BCUT2D eigenvalue weighted by Crippen LogP contribution is 2.19. The van der Waals surface area contributed by atoms with E-state index in [4.69, 9.17) is 0 Å². The van der Waals surface area contributed by atoms with Crippen LogP contribution in [0, 0.1) is 11.8 Å². The van der Waals surface area contributed by atoms with Gasteiger partial charge in [0.2, 0.25) is 0 Å². The largest absolute Gasteiger partial charge is 0.331 e. The second-order valence-corrected chi connectivity index (χ2v) is 7.86. The first kappa shape index (κ1) is 19.8. The molecule has 0 amide bonds. The molecule has 0 spiro atoms. The Morgan fingerprint density at radius 1 is 1.00 bits per heavy atom. The summed E-state index contributed by atoms with van der Waals surface area (Å²) in [4.78, 5) is 21.3. The highest BCUT2D eigenvalue weighted by atomic mass is 16.1. The van der Waals surface area contributed by atoms with Crippen molar-refractivity contribution in [3.05, 3.63) is 60.5 Å². The van der Waals surface area contributed by atoms with Crippen LogP contribution in [0.5, 0.6) is 0 Å². The predicted molar refractivity (Wildman–Crippen MR) is 115 cm³/mol. The van der Waals surface area contributed by atoms with Crippen molar-refractivity contribution >= 4 is 29.0 Å². The van der Waals surface area contributed by atoms with Gasteiger partial charge in [0.05, 0.1) is 11.0 Å². The van der Waals surface area contributed by atoms with Crippen LogP contribution in [0.15, 0.2) is 48.8 Å². The van der Waals surface area contributed by atoms with Gasteiger partial charge in [-0.25, -0.2) is 9.97 Å². The molecule has 0 radical (unpaired) electrons. The van der Waals surface area contributed by atoms with Crippen molar-refractivity contribution in [3.8, 4) is 0 Å². The van der Waals surface area contributed by atoms with Crippen molar-refractivity contribution in [3.63, 3.8) is 0 Å². The minimum atomic E-state index is -0.0812. The monoisotopic (exact) mass is 376 g/mol. The van der Waals surface area contributed by atoms with Gasteiger partial charge in [-0.2, -0.15) is 0 Å². The first-order chi connectivity index (χ1) is 13.4. The molecule has 1 aromatic carbocycles. The number of fused-ring (bicyclic) bond motifs is 1. The zero-order chi connectivity index (χ0) is 20.1. The summed E-state index contributed by atoms with van der Waals surface area (Å²) in [5, 5.41) is 0. The Labute approximate surface area is 166 Å². The first-order valence-electron chi connectivity index (χ1n) is 9.80. The Kier molecular flexibility index (Phi) is 6.24. The molecule has 0 aliphatic rings. The van der Waals surface area contributed by atoms with E-state index in [1.54, 1.807) is 30.5 Å². The maximum absolute atomic E-state index is 12.3. The summed E-state index contributed by atoms with van der Waals surface area (Å²) >= 11 is 0. The van der Waals surface area contributed by atoms with Crippen molar-refractivity contribution in [2.45, 2.75) is 40.8 Å². The minimum Gasteiger partial charge on any atom is -0.331 e. The fourth-order valence-electron chi connectivity index (χ4n) is 3.17. The lowest BCUT2D eigenvalue weighted by molar-refractivity contribution is -0.110. The van der Waals surface area contributed by atoms with Gasteiger partial charge in [-0.3, -0.25) is 4.79 Å². The fraction of sp³-hybridized carbons (Fsp3) is 0.348. The summed E-state index contributed by atoms with van der Waals surface area (Å²) in [5.74, 6) is 2.52. The Morgan fingerprint density at radius 3 is 2.39 bits per heavy atom. The number of hydrogen-bond donors (Lipinski definition) is 0. The number of aromatic nitrogens is 4. The number of hydrogen-bond acceptors (Lipinski definition) is 3. The van der Waals surface area contributed by atoms with Crippen molar-refractivity contribution < 1.29 is 4.79 Å². The number of carbonyl (C=O) groups is 1. The van der Waals surface area contributed by atoms with Crippen LogP contribution >= 0.6 is 0 Å². The van der Waals surface area contributed by atoms with Crippen LogP contribution in [0.4, 0.5) is 0 Å². The molecule has 2 aromatic heterocycles. The standard InChI is InChI=1S/C23H28N4O/c1-17(2)15-26-14-13-24-22(26)11-9-19(28)10-12-23-25-20-7-5-6-8-21(20)27(23)16-18(3)4/h5-14,17-18H,15-16H2,1-4H3/b11-9+,12-10+. The highest BCUT2D eigenvalue weighted by molar-refractivity contribution is 6.04. The summed E-state index contributed by atoms with van der Waals surface area (Å²) in [5.41, 5.74) is 2.04. The maximum Gasteiger partial charge on any atom is 0.178 e. The van der Waals surface area contributed by atoms with Gasteiger partial charge in [0.1, 0.15) is 11.6 Å². The molecule has 0 aliphatic carbocycles. The van der Waals surface area contributed by atoms with Gasteiger partial charge in [-0.1, -0.05) is 39.8 Å². The van der Waals surface area contributed by atoms with E-state index in [0.717, 1.165) is 35.8 Å². The minimum absolute atomic E-state index is 0.0812. The van der Waals surface area contributed by atoms with Crippen LogP contribution in [0.1, 0.15) is 39.3 Å². The molecule has 28 heavy (non-hydrogen) atoms. The van der Waals surface area contributed by atoms with E-state index in [9.17, 15) is 4.79 Å². The smallest absolute Gasteiger partial charge is 0.178 e. The molecule has 5 heteroatoms. The summed E-state index contributed by atoms with van der Waals surface area (Å²) in [7, 11) is 0. The van der Waals surface area contributed by atoms with Crippen LogP contribution < -0.4 is 0 Å². The lowest BCUT2D eigenvalue weighted by Gasteiger charge is -2.09. The summed E-state index contributed by atoms with van der Waals surface area (Å²) in [6.45, 7) is 10.4. The van der Waals surface area contributed by atoms with Gasteiger partial charge in [0, 0.05) is 25.5 Å². The SMILES string of the molecule is CC(C)Cn1ccnc1/C=C/C(=O)/C=C/c1nc2ccccc2n1CC(C)C. The van der Waals surface area contributed by atoms with Crippen LogP contribution in [0.3, 0.4) is 0 Å². The summed E-state index contributed by atoms with van der Waals surface area (Å²) in [6, 6.07) is 8.06. The number of ketones is 1. The van der Waals surface area contributed by atoms with E-state index in [2.05, 4.69) is 52.9 Å². The molecule has 5 nitrogen and oxygen atoms in total. The Balaban J connectivity index is 1.78. The number of benzene rings is 1. The predicted octanol–water partition coefficient (Wildman–Crippen LogP) is 4.84. The second kappa shape index (κ2) is 8.83. The van der Waals surface area contributed by atoms with Crippen LogP contribution in [0.2, 0.25) is 0 Å². The van der Waals surface area contributed by atoms with Gasteiger partial charge < -0.3 is 9.13 Å². The average molecular weight is 377 g/mol. The van der Waals surface area contributed by atoms with Crippen molar-refractivity contribution in [2.24, 2.45) is 11.8 Å². The summed E-state index contributed by atoms with van der Waals surface area (Å²) < 4.78 is 4.23. The molecule has 0 N–H and O–H groups in total. The second-order valence-electron chi connectivity index (χ2n) is 7.86. The van der Waals surface area contributed by atoms with E-state index in [1.165, 1.54) is 0 Å². The Hall–Kier alpha value is -2.95. The van der Waals surface area contributed by atoms with Crippen LogP contribution in [0.25, 0.3) is 23.2 Å². The molecule has 0 saturated carbocycles. The maximum atomic E-state index is 12.3. The highest BCUT2D eigenvalue weighted by Gasteiger charge is 2.09. The Morgan fingerprint density at radius 2 is 1.68 bits per heavy atom. The number of rotatable bonds is 8. The van der Waals surface area contributed by atoms with E-state index in [1.807, 2.05) is 24.4 Å². The molecule has 0 aliphatic heterocycles. The zero-order valence-corrected chi connectivity index (χ0v) is 17.0. The van der Waals surface area contributed by atoms with Gasteiger partial charge in [0.15, 0.2) is 5.78 Å². The molecule has 3 aromatic rings. The van der Waals surface area contributed by atoms with Crippen LogP contribution in [-0.4, -0.2) is 24.9 Å². The fourth-order valence-corrected chi connectivity index (χ4v) is 3.17. The molecule has 146 valence electrons. The third kappa shape index (κ3) is 4.85. The first-order valence-corrected chi connectivity index (χ1v) is 9.80. The number of allylic oxidation sites excluding steroid dienone is 2. The number of imidazole rings is 2. The number of carbonyl (C=O) groups excluding carboxylic acids is 1. The van der Waals surface area contributed by atoms with Gasteiger partial charge in [0.25, 0.3) is 0 Å². The normalized spacial score (nSPS) is 12.4. The van der Waals surface area contributed by atoms with Gasteiger partial charge in [-0.05, 0) is 48.3 Å². The van der Waals surface area contributed by atoms with Crippen molar-refractivity contribution in [1.82, 2.24) is 19.1 Å². The third-order valence-electron chi connectivity index (χ3n) is 4.33. The zero-order valence-electron chi connectivity index (χ0n) is 17.0. The molecule has 0 unspecified atom stereocenters. The molecule has 0 atom stereocenters. The molecule has 0 saturated heterocycles. The van der Waals surface area contributed by atoms with Gasteiger partial charge >= 0.3 is 0 Å². The van der Waals surface area contributed by atoms with E-state index >= 15 is 0 Å². The molecular formula is C23H28N4O. The van der Waals surface area contributed by atoms with Crippen molar-refractivity contribution in [2.75, 3.05) is 0 Å². The van der Waals surface area contributed by atoms with Gasteiger partial charge in [-0.15, -0.1) is 0 Å². The van der Waals surface area contributed by atoms with E-state index in [-0.39, 0.29) is 5.78 Å². The lowest BCUT2D eigenvalue weighted by Crippen LogP contribution is -2.06. The number of para-hydroxylation sites is 2. The molecule has 0 bridgehead atoms. The third-order valence-corrected chi connectivity index (χ3v) is 4.33. The van der Waals surface area contributed by atoms with E-state index < -0.39 is 0 Å². The summed E-state index contributed by atoms with van der Waals surface area (Å²) in [6.07, 6.45) is 10.4. The molecule has 2 heterocycles. The molecule has 3 rings (SSSR count). The molecular weight excluding hydrogens is 348 g/mol. The Bertz CT molecular complexity index is 1000. The molecule has 0 fully saturated rings. The lowest BCUT2D eigenvalue weighted by atomic mass is 10.2. The average Bonchev–Trinajstić information content (AvgIpc) is 3.22. The topological polar surface area (TPSA) is 52.7 Å². The van der Waals surface area contributed by atoms with E-state index in [0.29, 0.717) is 11.8 Å². The van der Waals surface area contributed by atoms with Crippen LogP contribution in [-0.2, 0) is 17.9 Å². The quantitative estimate of drug-likeness (QED) is 0.529. The number of nitrogens with zero attached hydrogens (tertiary/aromatic N) is 4. The van der Waals surface area contributed by atoms with Crippen molar-refractivity contribution in [1.29, 1.82) is 0 Å².